The Kier molecular flexibility index (Phi) is 7.92. The minimum atomic E-state index is -1.79. The maximum atomic E-state index is 9.90. The van der Waals surface area contributed by atoms with Gasteiger partial charge < -0.3 is 35.8 Å². The van der Waals surface area contributed by atoms with Gasteiger partial charge in [0.1, 0.15) is 24.4 Å². The van der Waals surface area contributed by atoms with Crippen LogP contribution in [-0.2, 0) is 4.79 Å². The monoisotopic (exact) mass is 198 g/mol. The van der Waals surface area contributed by atoms with Gasteiger partial charge in [0.05, 0.1) is 6.61 Å². The first-order valence-corrected chi connectivity index (χ1v) is 3.33. The van der Waals surface area contributed by atoms with Gasteiger partial charge in [-0.1, -0.05) is 0 Å². The highest BCUT2D eigenvalue weighted by Crippen LogP contribution is 2.02. The lowest BCUT2D eigenvalue weighted by molar-refractivity contribution is -0.136. The molecule has 0 unspecified atom stereocenters. The van der Waals surface area contributed by atoms with Gasteiger partial charge in [-0.2, -0.15) is 0 Å². The molecule has 0 saturated heterocycles. The average molecular weight is 198 g/mol. The maximum absolute atomic E-state index is 9.90. The van der Waals surface area contributed by atoms with Crippen molar-refractivity contribution in [2.75, 3.05) is 6.61 Å². The Bertz CT molecular complexity index is 139. The molecular weight excluding hydrogens is 184 g/mol. The van der Waals surface area contributed by atoms with Gasteiger partial charge in [0, 0.05) is 0 Å². The zero-order valence-corrected chi connectivity index (χ0v) is 6.74. The summed E-state index contributed by atoms with van der Waals surface area (Å²) in [5.41, 5.74) is 0. The molecule has 0 aliphatic carbocycles. The molecule has 0 aromatic rings. The molecule has 7 nitrogen and oxygen atoms in total. The van der Waals surface area contributed by atoms with Crippen molar-refractivity contribution in [3.8, 4) is 0 Å². The van der Waals surface area contributed by atoms with Crippen molar-refractivity contribution >= 4 is 6.29 Å². The van der Waals surface area contributed by atoms with Gasteiger partial charge in [0.15, 0.2) is 6.29 Å². The number of hydrogen-bond donors (Lipinski definition) is 5. The highest BCUT2D eigenvalue weighted by molar-refractivity contribution is 5.56. The predicted octanol–water partition coefficient (Wildman–Crippen LogP) is -4.20. The summed E-state index contributed by atoms with van der Waals surface area (Å²) in [6, 6.07) is 0. The van der Waals surface area contributed by atoms with E-state index in [9.17, 15) is 4.79 Å². The molecule has 0 heterocycles. The molecule has 0 spiro atoms. The lowest BCUT2D eigenvalue weighted by Crippen LogP contribution is -2.46. The highest BCUT2D eigenvalue weighted by Gasteiger charge is 2.29. The summed E-state index contributed by atoms with van der Waals surface area (Å²) in [6.45, 7) is -0.760. The molecule has 7 heteroatoms. The van der Waals surface area contributed by atoms with Gasteiger partial charge in [0.25, 0.3) is 0 Å². The second-order valence-electron chi connectivity index (χ2n) is 2.36. The van der Waals surface area contributed by atoms with Gasteiger partial charge in [-0.05, 0) is 0 Å². The zero-order valence-electron chi connectivity index (χ0n) is 6.74. The largest absolute Gasteiger partial charge is 0.412 e. The third-order valence-corrected chi connectivity index (χ3v) is 1.42. The molecule has 4 atom stereocenters. The van der Waals surface area contributed by atoms with Crippen LogP contribution in [0.3, 0.4) is 0 Å². The van der Waals surface area contributed by atoms with Crippen LogP contribution < -0.4 is 0 Å². The molecule has 7 N–H and O–H groups in total. The minimum absolute atomic E-state index is 0. The van der Waals surface area contributed by atoms with Crippen LogP contribution in [0, 0.1) is 0 Å². The molecule has 80 valence electrons. The van der Waals surface area contributed by atoms with Gasteiger partial charge in [0.2, 0.25) is 0 Å². The fourth-order valence-corrected chi connectivity index (χ4v) is 0.618. The van der Waals surface area contributed by atoms with Crippen molar-refractivity contribution in [3.63, 3.8) is 0 Å². The molecule has 0 bridgehead atoms. The second kappa shape index (κ2) is 6.89. The standard InChI is InChI=1S/C6H12O6.H2O/c7-1-3(9)5(11)6(12)4(10)2-8;/h1,3-6,8-12H,2H2;1H2/t3-,4+,5+,6-;/m0./s1. The van der Waals surface area contributed by atoms with Crippen LogP contribution >= 0.6 is 0 Å². The van der Waals surface area contributed by atoms with E-state index in [2.05, 4.69) is 0 Å². The normalized spacial score (nSPS) is 19.5. The number of hydrogen-bond acceptors (Lipinski definition) is 6. The number of carbonyl (C=O) groups is 1. The third kappa shape index (κ3) is 4.27. The topological polar surface area (TPSA) is 150 Å². The molecule has 0 aliphatic heterocycles. The van der Waals surface area contributed by atoms with E-state index >= 15 is 0 Å². The first-order chi connectivity index (χ1) is 5.54. The summed E-state index contributed by atoms with van der Waals surface area (Å²) in [7, 11) is 0. The van der Waals surface area contributed by atoms with E-state index in [4.69, 9.17) is 25.5 Å². The number of rotatable bonds is 5. The lowest BCUT2D eigenvalue weighted by atomic mass is 10.0. The van der Waals surface area contributed by atoms with Crippen LogP contribution in [0.15, 0.2) is 0 Å². The van der Waals surface area contributed by atoms with E-state index in [1.165, 1.54) is 0 Å². The van der Waals surface area contributed by atoms with Gasteiger partial charge in [-0.3, -0.25) is 0 Å². The van der Waals surface area contributed by atoms with Crippen LogP contribution in [0.1, 0.15) is 0 Å². The zero-order chi connectivity index (χ0) is 9.72. The molecule has 0 fully saturated rings. The molecule has 0 radical (unpaired) electrons. The molecular formula is C6H14O7. The summed E-state index contributed by atoms with van der Waals surface area (Å²) in [5.74, 6) is 0. The lowest BCUT2D eigenvalue weighted by Gasteiger charge is -2.22. The molecule has 0 saturated carbocycles. The summed E-state index contributed by atoms with van der Waals surface area (Å²) in [6.07, 6.45) is -6.84. The summed E-state index contributed by atoms with van der Waals surface area (Å²) in [4.78, 5) is 9.90. The highest BCUT2D eigenvalue weighted by atomic mass is 16.4. The van der Waals surface area contributed by atoms with E-state index in [1.54, 1.807) is 0 Å². The van der Waals surface area contributed by atoms with Crippen molar-refractivity contribution in [1.82, 2.24) is 0 Å². The van der Waals surface area contributed by atoms with Crippen molar-refractivity contribution in [2.24, 2.45) is 0 Å². The van der Waals surface area contributed by atoms with Crippen molar-refractivity contribution < 1.29 is 35.8 Å². The molecule has 13 heavy (non-hydrogen) atoms. The van der Waals surface area contributed by atoms with E-state index in [-0.39, 0.29) is 11.8 Å². The second-order valence-corrected chi connectivity index (χ2v) is 2.36. The smallest absolute Gasteiger partial charge is 0.151 e. The maximum Gasteiger partial charge on any atom is 0.151 e. The van der Waals surface area contributed by atoms with Crippen molar-refractivity contribution in [1.29, 1.82) is 0 Å². The van der Waals surface area contributed by atoms with E-state index < -0.39 is 31.0 Å². The number of aliphatic hydroxyl groups excluding tert-OH is 5. The Hall–Kier alpha value is -0.570. The van der Waals surface area contributed by atoms with E-state index in [0.717, 1.165) is 0 Å². The fourth-order valence-electron chi connectivity index (χ4n) is 0.618. The Morgan fingerprint density at radius 1 is 1.08 bits per heavy atom. The van der Waals surface area contributed by atoms with E-state index in [1.807, 2.05) is 0 Å². The van der Waals surface area contributed by atoms with Crippen LogP contribution in [0.2, 0.25) is 0 Å². The SMILES string of the molecule is O.O=C[C@H](O)[C@@H](O)[C@@H](O)[C@H](O)CO. The summed E-state index contributed by atoms with van der Waals surface area (Å²) < 4.78 is 0. The molecule has 0 rings (SSSR count). The van der Waals surface area contributed by atoms with Crippen LogP contribution in [0.4, 0.5) is 0 Å². The molecule has 0 aromatic carbocycles. The first kappa shape index (κ1) is 14.9. The Balaban J connectivity index is 0. The predicted molar refractivity (Wildman–Crippen MR) is 40.8 cm³/mol. The van der Waals surface area contributed by atoms with Crippen LogP contribution in [-0.4, -0.2) is 68.3 Å². The Labute approximate surface area is 74.2 Å². The quantitative estimate of drug-likeness (QED) is 0.283. The first-order valence-electron chi connectivity index (χ1n) is 3.33. The minimum Gasteiger partial charge on any atom is -0.412 e. The number of aldehydes is 1. The van der Waals surface area contributed by atoms with Gasteiger partial charge >= 0.3 is 0 Å². The van der Waals surface area contributed by atoms with Gasteiger partial charge in [-0.15, -0.1) is 0 Å². The Morgan fingerprint density at radius 2 is 1.54 bits per heavy atom. The van der Waals surface area contributed by atoms with Crippen LogP contribution in [0.25, 0.3) is 0 Å². The summed E-state index contributed by atoms with van der Waals surface area (Å²) in [5, 5.41) is 43.5. The van der Waals surface area contributed by atoms with E-state index in [0.29, 0.717) is 0 Å². The molecule has 0 aromatic heterocycles. The third-order valence-electron chi connectivity index (χ3n) is 1.42. The Morgan fingerprint density at radius 3 is 1.85 bits per heavy atom. The molecule has 0 amide bonds. The summed E-state index contributed by atoms with van der Waals surface area (Å²) >= 11 is 0. The fraction of sp³-hybridized carbons (Fsp3) is 0.833. The van der Waals surface area contributed by atoms with Crippen molar-refractivity contribution in [2.45, 2.75) is 24.4 Å². The number of carbonyl (C=O) groups excluding carboxylic acids is 1. The van der Waals surface area contributed by atoms with Gasteiger partial charge in [-0.25, -0.2) is 0 Å². The van der Waals surface area contributed by atoms with Crippen LogP contribution in [0.5, 0.6) is 0 Å². The average Bonchev–Trinajstić information content (AvgIpc) is 2.12. The number of aliphatic hydroxyl groups is 5. The van der Waals surface area contributed by atoms with Crippen molar-refractivity contribution in [3.05, 3.63) is 0 Å². The molecule has 0 aliphatic rings.